The zero-order valence-electron chi connectivity index (χ0n) is 10.6. The van der Waals surface area contributed by atoms with Crippen molar-refractivity contribution in [2.75, 3.05) is 0 Å². The molecular formula is C13H8N4O2S2. The summed E-state index contributed by atoms with van der Waals surface area (Å²) in [5, 5.41) is 3.66. The second-order valence-corrected chi connectivity index (χ2v) is 6.29. The smallest absolute Gasteiger partial charge is 0.271 e. The Morgan fingerprint density at radius 2 is 1.86 bits per heavy atom. The monoisotopic (exact) mass is 316 g/mol. The first kappa shape index (κ1) is 12.4. The van der Waals surface area contributed by atoms with Gasteiger partial charge in [-0.3, -0.25) is 14.2 Å². The average molecular weight is 316 g/mol. The summed E-state index contributed by atoms with van der Waals surface area (Å²) in [5.74, 6) is 0.450. The van der Waals surface area contributed by atoms with Gasteiger partial charge >= 0.3 is 0 Å². The van der Waals surface area contributed by atoms with Crippen LogP contribution < -0.4 is 11.1 Å². The number of aromatic nitrogens is 4. The molecule has 0 aliphatic heterocycles. The first-order valence-corrected chi connectivity index (χ1v) is 7.87. The molecule has 0 amide bonds. The Morgan fingerprint density at radius 3 is 2.71 bits per heavy atom. The molecule has 21 heavy (non-hydrogen) atoms. The average Bonchev–Trinajstić information content (AvgIpc) is 3.10. The van der Waals surface area contributed by atoms with Gasteiger partial charge in [-0.1, -0.05) is 0 Å². The van der Waals surface area contributed by atoms with Crippen LogP contribution in [-0.4, -0.2) is 19.5 Å². The predicted molar refractivity (Wildman–Crippen MR) is 83.2 cm³/mol. The van der Waals surface area contributed by atoms with Crippen molar-refractivity contribution in [3.63, 3.8) is 0 Å². The molecule has 0 aromatic carbocycles. The van der Waals surface area contributed by atoms with Crippen LogP contribution in [0.15, 0.2) is 38.8 Å². The van der Waals surface area contributed by atoms with Crippen LogP contribution in [0.2, 0.25) is 0 Å². The zero-order chi connectivity index (χ0) is 14.4. The fraction of sp³-hybridized carbons (Fsp3) is 0.0769. The van der Waals surface area contributed by atoms with Crippen LogP contribution in [0.1, 0.15) is 5.82 Å². The molecule has 0 saturated carbocycles. The quantitative estimate of drug-likeness (QED) is 0.611. The van der Waals surface area contributed by atoms with Gasteiger partial charge in [0.1, 0.15) is 15.2 Å². The molecule has 0 bridgehead atoms. The van der Waals surface area contributed by atoms with E-state index in [0.29, 0.717) is 26.3 Å². The van der Waals surface area contributed by atoms with Crippen LogP contribution >= 0.6 is 22.7 Å². The van der Waals surface area contributed by atoms with Crippen molar-refractivity contribution in [2.45, 2.75) is 6.54 Å². The van der Waals surface area contributed by atoms with E-state index in [-0.39, 0.29) is 17.7 Å². The molecule has 4 aromatic rings. The van der Waals surface area contributed by atoms with Crippen LogP contribution in [0.25, 0.3) is 20.4 Å². The van der Waals surface area contributed by atoms with Gasteiger partial charge in [-0.25, -0.2) is 9.97 Å². The lowest BCUT2D eigenvalue weighted by Crippen LogP contribution is -2.23. The number of thiophene rings is 2. The fourth-order valence-electron chi connectivity index (χ4n) is 2.15. The molecule has 104 valence electrons. The lowest BCUT2D eigenvalue weighted by molar-refractivity contribution is 0.709. The SMILES string of the molecule is O=c1[nH]c(Cn2cnc3ccsc3c2=O)nc2ccsc12. The summed E-state index contributed by atoms with van der Waals surface area (Å²) in [5.41, 5.74) is 1.04. The predicted octanol–water partition coefficient (Wildman–Crippen LogP) is 1.80. The molecule has 0 aliphatic carbocycles. The van der Waals surface area contributed by atoms with Gasteiger partial charge in [0.15, 0.2) is 0 Å². The summed E-state index contributed by atoms with van der Waals surface area (Å²) in [6, 6.07) is 3.60. The molecule has 1 N–H and O–H groups in total. The van der Waals surface area contributed by atoms with Gasteiger partial charge in [0.2, 0.25) is 0 Å². The number of nitrogens with one attached hydrogen (secondary N) is 1. The van der Waals surface area contributed by atoms with E-state index in [2.05, 4.69) is 15.0 Å². The minimum Gasteiger partial charge on any atom is -0.308 e. The minimum atomic E-state index is -0.178. The molecule has 0 unspecified atom stereocenters. The van der Waals surface area contributed by atoms with Crippen LogP contribution in [0.3, 0.4) is 0 Å². The fourth-order valence-corrected chi connectivity index (χ4v) is 3.67. The first-order chi connectivity index (χ1) is 10.2. The normalized spacial score (nSPS) is 11.4. The lowest BCUT2D eigenvalue weighted by Gasteiger charge is -2.04. The topological polar surface area (TPSA) is 80.6 Å². The number of nitrogens with zero attached hydrogens (tertiary/aromatic N) is 3. The highest BCUT2D eigenvalue weighted by Crippen LogP contribution is 2.15. The number of rotatable bonds is 2. The Kier molecular flexibility index (Phi) is 2.72. The Balaban J connectivity index is 1.84. The van der Waals surface area contributed by atoms with Crippen molar-refractivity contribution < 1.29 is 0 Å². The summed E-state index contributed by atoms with van der Waals surface area (Å²) in [7, 11) is 0. The largest absolute Gasteiger partial charge is 0.308 e. The van der Waals surface area contributed by atoms with E-state index in [4.69, 9.17) is 0 Å². The van der Waals surface area contributed by atoms with Gasteiger partial charge in [-0.15, -0.1) is 22.7 Å². The molecule has 0 atom stereocenters. The minimum absolute atomic E-state index is 0.122. The summed E-state index contributed by atoms with van der Waals surface area (Å²) in [6.45, 7) is 0.195. The molecule has 0 saturated heterocycles. The third kappa shape index (κ3) is 1.99. The standard InChI is InChI=1S/C13H8N4O2S2/c18-12-10-8(2-4-20-10)15-9(16-12)5-17-6-14-7-1-3-21-11(7)13(17)19/h1-4,6H,5H2,(H,15,16,18). The van der Waals surface area contributed by atoms with E-state index in [1.165, 1.54) is 33.6 Å². The summed E-state index contributed by atoms with van der Waals surface area (Å²) in [4.78, 5) is 35.5. The number of hydrogen-bond donors (Lipinski definition) is 1. The van der Waals surface area contributed by atoms with Crippen LogP contribution in [0.5, 0.6) is 0 Å². The number of fused-ring (bicyclic) bond motifs is 2. The van der Waals surface area contributed by atoms with Crippen molar-refractivity contribution in [3.8, 4) is 0 Å². The number of hydrogen-bond acceptors (Lipinski definition) is 6. The molecule has 4 heterocycles. The summed E-state index contributed by atoms with van der Waals surface area (Å²) in [6.07, 6.45) is 1.48. The van der Waals surface area contributed by atoms with Gasteiger partial charge in [-0.05, 0) is 22.9 Å². The van der Waals surface area contributed by atoms with E-state index >= 15 is 0 Å². The summed E-state index contributed by atoms with van der Waals surface area (Å²) >= 11 is 2.71. The van der Waals surface area contributed by atoms with Crippen LogP contribution in [-0.2, 0) is 6.54 Å². The van der Waals surface area contributed by atoms with E-state index in [1.54, 1.807) is 6.07 Å². The maximum atomic E-state index is 12.3. The van der Waals surface area contributed by atoms with E-state index in [1.807, 2.05) is 16.8 Å². The first-order valence-electron chi connectivity index (χ1n) is 6.11. The maximum Gasteiger partial charge on any atom is 0.271 e. The second kappa shape index (κ2) is 4.61. The van der Waals surface area contributed by atoms with Crippen LogP contribution in [0, 0.1) is 0 Å². The highest BCUT2D eigenvalue weighted by atomic mass is 32.1. The summed E-state index contributed by atoms with van der Waals surface area (Å²) < 4.78 is 2.66. The highest BCUT2D eigenvalue weighted by Gasteiger charge is 2.09. The molecule has 0 fully saturated rings. The Morgan fingerprint density at radius 1 is 1.10 bits per heavy atom. The molecule has 4 rings (SSSR count). The lowest BCUT2D eigenvalue weighted by atomic mass is 10.4. The van der Waals surface area contributed by atoms with Crippen molar-refractivity contribution in [1.82, 2.24) is 19.5 Å². The molecule has 0 spiro atoms. The highest BCUT2D eigenvalue weighted by molar-refractivity contribution is 7.17. The third-order valence-electron chi connectivity index (χ3n) is 3.12. The Bertz CT molecular complexity index is 1070. The van der Waals surface area contributed by atoms with Gasteiger partial charge in [0.05, 0.1) is 23.9 Å². The zero-order valence-corrected chi connectivity index (χ0v) is 12.2. The van der Waals surface area contributed by atoms with E-state index < -0.39 is 0 Å². The molecule has 0 radical (unpaired) electrons. The van der Waals surface area contributed by atoms with Gasteiger partial charge in [0, 0.05) is 0 Å². The number of H-pyrrole nitrogens is 1. The van der Waals surface area contributed by atoms with Gasteiger partial charge < -0.3 is 4.98 Å². The van der Waals surface area contributed by atoms with Crippen molar-refractivity contribution >= 4 is 43.1 Å². The van der Waals surface area contributed by atoms with Crippen LogP contribution in [0.4, 0.5) is 0 Å². The molecule has 8 heteroatoms. The van der Waals surface area contributed by atoms with Gasteiger partial charge in [-0.2, -0.15) is 0 Å². The van der Waals surface area contributed by atoms with E-state index in [9.17, 15) is 9.59 Å². The van der Waals surface area contributed by atoms with Crippen molar-refractivity contribution in [3.05, 3.63) is 55.8 Å². The maximum absolute atomic E-state index is 12.3. The molecular weight excluding hydrogens is 308 g/mol. The number of aromatic amines is 1. The van der Waals surface area contributed by atoms with Crippen molar-refractivity contribution in [1.29, 1.82) is 0 Å². The van der Waals surface area contributed by atoms with Gasteiger partial charge in [0.25, 0.3) is 11.1 Å². The Labute approximate surface area is 125 Å². The van der Waals surface area contributed by atoms with E-state index in [0.717, 1.165) is 0 Å². The molecule has 6 nitrogen and oxygen atoms in total. The second-order valence-electron chi connectivity index (χ2n) is 4.46. The van der Waals surface area contributed by atoms with Crippen molar-refractivity contribution in [2.24, 2.45) is 0 Å². The molecule has 0 aliphatic rings. The Hall–Kier alpha value is -2.32. The third-order valence-corrected chi connectivity index (χ3v) is 4.91. The molecule has 4 aromatic heterocycles.